The van der Waals surface area contributed by atoms with Crippen LogP contribution in [0.4, 0.5) is 0 Å². The fraction of sp³-hybridized carbons (Fsp3) is 0.818. The molecule has 0 N–H and O–H groups in total. The van der Waals surface area contributed by atoms with Crippen LogP contribution in [0.1, 0.15) is 27.2 Å². The zero-order chi connectivity index (χ0) is 10.1. The van der Waals surface area contributed by atoms with Gasteiger partial charge in [-0.2, -0.15) is 0 Å². The maximum absolute atomic E-state index is 3.88. The maximum atomic E-state index is 3.88. The summed E-state index contributed by atoms with van der Waals surface area (Å²) in [5.74, 6) is 0.847. The van der Waals surface area contributed by atoms with Gasteiger partial charge in [0, 0.05) is 17.6 Å². The second-order valence-electron chi connectivity index (χ2n) is 5.10. The van der Waals surface area contributed by atoms with Crippen molar-refractivity contribution in [2.75, 3.05) is 19.6 Å². The van der Waals surface area contributed by atoms with Crippen LogP contribution in [0.3, 0.4) is 0 Å². The van der Waals surface area contributed by atoms with Gasteiger partial charge in [-0.05, 0) is 24.3 Å². The quantitative estimate of drug-likeness (QED) is 0.722. The van der Waals surface area contributed by atoms with Gasteiger partial charge in [-0.25, -0.2) is 0 Å². The van der Waals surface area contributed by atoms with Gasteiger partial charge in [0.25, 0.3) is 0 Å². The van der Waals surface area contributed by atoms with E-state index in [1.54, 1.807) is 0 Å². The van der Waals surface area contributed by atoms with Crippen molar-refractivity contribution in [1.82, 2.24) is 4.90 Å². The lowest BCUT2D eigenvalue weighted by Crippen LogP contribution is -2.26. The molecule has 2 heteroatoms. The smallest absolute Gasteiger partial charge is 0.0294 e. The van der Waals surface area contributed by atoms with Crippen LogP contribution in [0, 0.1) is 11.3 Å². The van der Waals surface area contributed by atoms with Crippen molar-refractivity contribution in [1.29, 1.82) is 0 Å². The van der Waals surface area contributed by atoms with E-state index in [1.807, 2.05) is 0 Å². The Balaban J connectivity index is 2.41. The van der Waals surface area contributed by atoms with Crippen LogP contribution in [0.25, 0.3) is 0 Å². The van der Waals surface area contributed by atoms with E-state index < -0.39 is 0 Å². The van der Waals surface area contributed by atoms with Gasteiger partial charge in [0.2, 0.25) is 0 Å². The van der Waals surface area contributed by atoms with Gasteiger partial charge in [0.15, 0.2) is 0 Å². The molecule has 1 atom stereocenters. The first-order chi connectivity index (χ1) is 5.89. The van der Waals surface area contributed by atoms with E-state index in [4.69, 9.17) is 0 Å². The number of likely N-dealkylation sites (tertiary alicyclic amines) is 1. The Morgan fingerprint density at radius 3 is 2.54 bits per heavy atom. The van der Waals surface area contributed by atoms with Crippen LogP contribution >= 0.6 is 15.9 Å². The number of nitrogens with zero attached hydrogens (tertiary/aromatic N) is 1. The molecule has 1 nitrogen and oxygen atoms in total. The van der Waals surface area contributed by atoms with Gasteiger partial charge >= 0.3 is 0 Å². The van der Waals surface area contributed by atoms with Crippen molar-refractivity contribution in [2.24, 2.45) is 11.3 Å². The molecule has 1 saturated heterocycles. The van der Waals surface area contributed by atoms with Crippen LogP contribution in [0.15, 0.2) is 11.1 Å². The van der Waals surface area contributed by atoms with Crippen LogP contribution in [0.2, 0.25) is 0 Å². The maximum Gasteiger partial charge on any atom is 0.0294 e. The normalized spacial score (nSPS) is 25.1. The molecule has 0 aromatic heterocycles. The highest BCUT2D eigenvalue weighted by Crippen LogP contribution is 2.33. The molecule has 76 valence electrons. The van der Waals surface area contributed by atoms with E-state index in [-0.39, 0.29) is 0 Å². The third-order valence-corrected chi connectivity index (χ3v) is 3.14. The molecule has 0 aromatic rings. The zero-order valence-corrected chi connectivity index (χ0v) is 10.5. The average molecular weight is 246 g/mol. The highest BCUT2D eigenvalue weighted by atomic mass is 79.9. The van der Waals surface area contributed by atoms with Crippen molar-refractivity contribution in [3.8, 4) is 0 Å². The summed E-state index contributed by atoms with van der Waals surface area (Å²) in [5.41, 5.74) is 0.461. The lowest BCUT2D eigenvalue weighted by atomic mass is 9.80. The number of hydrogen-bond acceptors (Lipinski definition) is 1. The fourth-order valence-electron chi connectivity index (χ4n) is 1.93. The Bertz CT molecular complexity index is 193. The molecule has 1 fully saturated rings. The molecule has 0 spiro atoms. The molecule has 1 aliphatic rings. The molecule has 0 radical (unpaired) electrons. The number of rotatable bonds is 2. The van der Waals surface area contributed by atoms with Crippen molar-refractivity contribution in [3.05, 3.63) is 11.1 Å². The Morgan fingerprint density at radius 1 is 1.54 bits per heavy atom. The molecule has 1 unspecified atom stereocenters. The minimum atomic E-state index is 0.461. The highest BCUT2D eigenvalue weighted by molar-refractivity contribution is 9.11. The van der Waals surface area contributed by atoms with E-state index in [2.05, 4.69) is 48.2 Å². The van der Waals surface area contributed by atoms with Crippen LogP contribution in [0.5, 0.6) is 0 Å². The van der Waals surface area contributed by atoms with E-state index in [0.717, 1.165) is 16.9 Å². The topological polar surface area (TPSA) is 3.24 Å². The van der Waals surface area contributed by atoms with Gasteiger partial charge in [-0.15, -0.1) is 0 Å². The first kappa shape index (κ1) is 11.3. The molecular weight excluding hydrogens is 226 g/mol. The minimum absolute atomic E-state index is 0.461. The van der Waals surface area contributed by atoms with Gasteiger partial charge in [0.1, 0.15) is 0 Å². The van der Waals surface area contributed by atoms with E-state index in [0.29, 0.717) is 5.41 Å². The standard InChI is InChI=1S/C11H20BrN/c1-9(12)7-13-6-5-10(8-13)11(2,3)4/h10H,1,5-8H2,2-4H3. The SMILES string of the molecule is C=C(Br)CN1CCC(C(C)(C)C)C1. The summed E-state index contributed by atoms with van der Waals surface area (Å²) in [5, 5.41) is 0. The second-order valence-corrected chi connectivity index (χ2v) is 6.23. The van der Waals surface area contributed by atoms with Crippen LogP contribution in [-0.4, -0.2) is 24.5 Å². The van der Waals surface area contributed by atoms with Gasteiger partial charge in [0.05, 0.1) is 0 Å². The van der Waals surface area contributed by atoms with E-state index in [1.165, 1.54) is 19.5 Å². The Labute approximate surface area is 90.3 Å². The molecule has 13 heavy (non-hydrogen) atoms. The number of hydrogen-bond donors (Lipinski definition) is 0. The molecule has 0 aromatic carbocycles. The monoisotopic (exact) mass is 245 g/mol. The lowest BCUT2D eigenvalue weighted by molar-refractivity contribution is 0.235. The first-order valence-electron chi connectivity index (χ1n) is 4.95. The van der Waals surface area contributed by atoms with Crippen molar-refractivity contribution in [3.63, 3.8) is 0 Å². The minimum Gasteiger partial charge on any atom is -0.298 e. The van der Waals surface area contributed by atoms with Gasteiger partial charge in [-0.1, -0.05) is 43.3 Å². The van der Waals surface area contributed by atoms with E-state index in [9.17, 15) is 0 Å². The summed E-state index contributed by atoms with van der Waals surface area (Å²) < 4.78 is 1.10. The summed E-state index contributed by atoms with van der Waals surface area (Å²) >= 11 is 3.42. The zero-order valence-electron chi connectivity index (χ0n) is 8.94. The van der Waals surface area contributed by atoms with Crippen LogP contribution in [-0.2, 0) is 0 Å². The highest BCUT2D eigenvalue weighted by Gasteiger charge is 2.31. The summed E-state index contributed by atoms with van der Waals surface area (Å²) in [6.07, 6.45) is 1.34. The summed E-state index contributed by atoms with van der Waals surface area (Å²) in [6, 6.07) is 0. The third kappa shape index (κ3) is 3.43. The molecule has 1 rings (SSSR count). The molecule has 0 saturated carbocycles. The Kier molecular flexibility index (Phi) is 3.58. The van der Waals surface area contributed by atoms with Crippen molar-refractivity contribution < 1.29 is 0 Å². The average Bonchev–Trinajstić information content (AvgIpc) is 2.32. The second kappa shape index (κ2) is 4.14. The van der Waals surface area contributed by atoms with Gasteiger partial charge in [-0.3, -0.25) is 4.90 Å². The molecule has 0 aliphatic carbocycles. The Hall–Kier alpha value is 0.180. The third-order valence-electron chi connectivity index (χ3n) is 2.89. The fourth-order valence-corrected chi connectivity index (χ4v) is 2.28. The molecule has 1 aliphatic heterocycles. The predicted molar refractivity (Wildman–Crippen MR) is 62.1 cm³/mol. The van der Waals surface area contributed by atoms with Crippen LogP contribution < -0.4 is 0 Å². The number of halogens is 1. The first-order valence-corrected chi connectivity index (χ1v) is 5.74. The van der Waals surface area contributed by atoms with E-state index >= 15 is 0 Å². The van der Waals surface area contributed by atoms with Crippen molar-refractivity contribution in [2.45, 2.75) is 27.2 Å². The summed E-state index contributed by atoms with van der Waals surface area (Å²) in [7, 11) is 0. The summed E-state index contributed by atoms with van der Waals surface area (Å²) in [6.45, 7) is 14.4. The van der Waals surface area contributed by atoms with Crippen molar-refractivity contribution >= 4 is 15.9 Å². The largest absolute Gasteiger partial charge is 0.298 e. The molecule has 0 bridgehead atoms. The Morgan fingerprint density at radius 2 is 2.15 bits per heavy atom. The molecular formula is C11H20BrN. The van der Waals surface area contributed by atoms with Gasteiger partial charge < -0.3 is 0 Å². The predicted octanol–water partition coefficient (Wildman–Crippen LogP) is 3.26. The molecule has 1 heterocycles. The lowest BCUT2D eigenvalue weighted by Gasteiger charge is -2.27. The molecule has 0 amide bonds. The summed E-state index contributed by atoms with van der Waals surface area (Å²) in [4.78, 5) is 2.48.